The molecule has 0 fully saturated rings. The molecule has 76 valence electrons. The van der Waals surface area contributed by atoms with E-state index in [9.17, 15) is 4.39 Å². The third-order valence-electron chi connectivity index (χ3n) is 1.73. The summed E-state index contributed by atoms with van der Waals surface area (Å²) in [4.78, 5) is 10.9. The van der Waals surface area contributed by atoms with Gasteiger partial charge >= 0.3 is 0 Å². The van der Waals surface area contributed by atoms with Gasteiger partial charge < -0.3 is 4.98 Å². The maximum absolute atomic E-state index is 12.6. The Kier molecular flexibility index (Phi) is 2.88. The van der Waals surface area contributed by atoms with Crippen LogP contribution in [0.1, 0.15) is 0 Å². The van der Waals surface area contributed by atoms with Crippen LogP contribution >= 0.6 is 28.1 Å². The van der Waals surface area contributed by atoms with Crippen LogP contribution in [0.4, 0.5) is 4.39 Å². The molecule has 0 radical (unpaired) electrons. The van der Waals surface area contributed by atoms with E-state index in [-0.39, 0.29) is 5.82 Å². The Bertz CT molecular complexity index is 538. The highest BCUT2D eigenvalue weighted by molar-refractivity contribution is 9.10. The van der Waals surface area contributed by atoms with E-state index in [1.54, 1.807) is 6.20 Å². The minimum Gasteiger partial charge on any atom is -0.329 e. The quantitative estimate of drug-likeness (QED) is 0.819. The van der Waals surface area contributed by atoms with Crippen molar-refractivity contribution in [1.82, 2.24) is 15.0 Å². The minimum absolute atomic E-state index is 0.380. The van der Waals surface area contributed by atoms with E-state index in [2.05, 4.69) is 30.9 Å². The van der Waals surface area contributed by atoms with Crippen LogP contribution < -0.4 is 0 Å². The molecule has 0 aliphatic carbocycles. The fraction of sp³-hybridized carbons (Fsp3) is 0. The Labute approximate surface area is 98.5 Å². The minimum atomic E-state index is -0.380. The number of H-pyrrole nitrogens is 1. The zero-order valence-electron chi connectivity index (χ0n) is 7.37. The Morgan fingerprint density at radius 1 is 1.27 bits per heavy atom. The van der Waals surface area contributed by atoms with Crippen molar-refractivity contribution in [3.05, 3.63) is 39.5 Å². The number of nitrogens with one attached hydrogen (secondary N) is 1. The lowest BCUT2D eigenvalue weighted by molar-refractivity contribution is 0.621. The van der Waals surface area contributed by atoms with Gasteiger partial charge in [0.15, 0.2) is 5.82 Å². The third-order valence-corrected chi connectivity index (χ3v) is 2.91. The molecule has 0 atom stereocenters. The number of aromatic nitrogens is 3. The first kappa shape index (κ1) is 10.4. The molecule has 0 aliphatic heterocycles. The largest absolute Gasteiger partial charge is 0.329 e. The molecule has 2 aromatic heterocycles. The third kappa shape index (κ3) is 2.27. The van der Waals surface area contributed by atoms with E-state index in [1.165, 1.54) is 12.1 Å². The smallest absolute Gasteiger partial charge is 0.157 e. The molecule has 1 N–H and O–H groups in total. The predicted octanol–water partition coefficient (Wildman–Crippen LogP) is 3.10. The van der Waals surface area contributed by atoms with Crippen LogP contribution in [0.2, 0.25) is 0 Å². The fourth-order valence-corrected chi connectivity index (χ4v) is 1.38. The van der Waals surface area contributed by atoms with E-state index in [0.717, 1.165) is 6.20 Å². The number of pyridine rings is 1. The second-order valence-corrected chi connectivity index (χ2v) is 4.03. The lowest BCUT2D eigenvalue weighted by Crippen LogP contribution is -1.92. The molecule has 0 saturated heterocycles. The summed E-state index contributed by atoms with van der Waals surface area (Å²) in [5.74, 6) is 0.137. The van der Waals surface area contributed by atoms with E-state index in [4.69, 9.17) is 12.2 Å². The average Bonchev–Trinajstić information content (AvgIpc) is 2.23. The molecule has 0 amide bonds. The van der Waals surface area contributed by atoms with Gasteiger partial charge in [0.2, 0.25) is 0 Å². The van der Waals surface area contributed by atoms with Crippen molar-refractivity contribution in [2.75, 3.05) is 0 Å². The summed E-state index contributed by atoms with van der Waals surface area (Å²) in [6.45, 7) is 0. The molecule has 2 rings (SSSR count). The number of nitrogens with zero attached hydrogens (tertiary/aromatic N) is 2. The molecule has 3 nitrogen and oxygen atoms in total. The van der Waals surface area contributed by atoms with E-state index in [1.807, 2.05) is 0 Å². The van der Waals surface area contributed by atoms with Gasteiger partial charge in [0.1, 0.15) is 16.2 Å². The zero-order valence-corrected chi connectivity index (χ0v) is 9.77. The maximum Gasteiger partial charge on any atom is 0.157 e. The molecule has 0 unspecified atom stereocenters. The molecule has 0 aliphatic rings. The molecule has 0 bridgehead atoms. The first-order valence-electron chi connectivity index (χ1n) is 4.03. The first-order chi connectivity index (χ1) is 7.16. The van der Waals surface area contributed by atoms with Crippen molar-refractivity contribution in [3.8, 4) is 11.5 Å². The lowest BCUT2D eigenvalue weighted by atomic mass is 10.3. The fourth-order valence-electron chi connectivity index (χ4n) is 1.03. The first-order valence-corrected chi connectivity index (χ1v) is 5.23. The standard InChI is InChI=1S/C9H5BrFN3S/c10-6-4-13-8(14-9(6)15)7-2-1-5(11)3-12-7/h1-4H,(H,13,14,15). The summed E-state index contributed by atoms with van der Waals surface area (Å²) in [5, 5.41) is 0. The van der Waals surface area contributed by atoms with Crippen molar-refractivity contribution in [1.29, 1.82) is 0 Å². The molecular weight excluding hydrogens is 281 g/mol. The van der Waals surface area contributed by atoms with Crippen molar-refractivity contribution >= 4 is 28.1 Å². The van der Waals surface area contributed by atoms with Crippen LogP contribution in [0.15, 0.2) is 29.0 Å². The second-order valence-electron chi connectivity index (χ2n) is 2.77. The number of halogens is 2. The van der Waals surface area contributed by atoms with Gasteiger partial charge in [0.05, 0.1) is 10.7 Å². The van der Waals surface area contributed by atoms with Gasteiger partial charge in [-0.1, -0.05) is 12.2 Å². The average molecular weight is 286 g/mol. The number of hydrogen-bond donors (Lipinski definition) is 1. The summed E-state index contributed by atoms with van der Waals surface area (Å²) in [6, 6.07) is 2.86. The lowest BCUT2D eigenvalue weighted by Gasteiger charge is -2.00. The normalized spacial score (nSPS) is 10.3. The van der Waals surface area contributed by atoms with Crippen LogP contribution in [0.3, 0.4) is 0 Å². The molecule has 6 heteroatoms. The van der Waals surface area contributed by atoms with Gasteiger partial charge in [-0.15, -0.1) is 0 Å². The van der Waals surface area contributed by atoms with Crippen molar-refractivity contribution < 1.29 is 4.39 Å². The Balaban J connectivity index is 2.50. The number of aromatic amines is 1. The van der Waals surface area contributed by atoms with Gasteiger partial charge in [-0.05, 0) is 28.1 Å². The van der Waals surface area contributed by atoms with Gasteiger partial charge in [0, 0.05) is 6.20 Å². The van der Waals surface area contributed by atoms with E-state index in [0.29, 0.717) is 20.6 Å². The molecule has 2 aromatic rings. The van der Waals surface area contributed by atoms with Gasteiger partial charge in [-0.3, -0.25) is 0 Å². The van der Waals surface area contributed by atoms with Crippen LogP contribution in [0, 0.1) is 10.5 Å². The Morgan fingerprint density at radius 2 is 2.07 bits per heavy atom. The molecule has 0 aromatic carbocycles. The number of hydrogen-bond acceptors (Lipinski definition) is 3. The Morgan fingerprint density at radius 3 is 2.67 bits per heavy atom. The predicted molar refractivity (Wildman–Crippen MR) is 60.3 cm³/mol. The number of rotatable bonds is 1. The van der Waals surface area contributed by atoms with Crippen molar-refractivity contribution in [2.24, 2.45) is 0 Å². The SMILES string of the molecule is Fc1ccc(-c2ncc(Br)c(=S)[nH]2)nc1. The topological polar surface area (TPSA) is 41.6 Å². The van der Waals surface area contributed by atoms with Gasteiger partial charge in [-0.2, -0.15) is 0 Å². The zero-order chi connectivity index (χ0) is 10.8. The summed E-state index contributed by atoms with van der Waals surface area (Å²) in [7, 11) is 0. The van der Waals surface area contributed by atoms with Crippen LogP contribution in [0.5, 0.6) is 0 Å². The molecule has 0 saturated carbocycles. The van der Waals surface area contributed by atoms with Gasteiger partial charge in [0.25, 0.3) is 0 Å². The van der Waals surface area contributed by atoms with E-state index < -0.39 is 0 Å². The molecule has 2 heterocycles. The second kappa shape index (κ2) is 4.16. The molecule has 0 spiro atoms. The highest BCUT2D eigenvalue weighted by atomic mass is 79.9. The summed E-state index contributed by atoms with van der Waals surface area (Å²) in [6.07, 6.45) is 2.72. The summed E-state index contributed by atoms with van der Waals surface area (Å²) >= 11 is 8.26. The molecule has 15 heavy (non-hydrogen) atoms. The van der Waals surface area contributed by atoms with Crippen LogP contribution in [0.25, 0.3) is 11.5 Å². The highest BCUT2D eigenvalue weighted by Gasteiger charge is 2.02. The Hall–Kier alpha value is -1.14. The van der Waals surface area contributed by atoms with Crippen LogP contribution in [-0.2, 0) is 0 Å². The van der Waals surface area contributed by atoms with Crippen LogP contribution in [-0.4, -0.2) is 15.0 Å². The summed E-state index contributed by atoms with van der Waals surface area (Å²) in [5.41, 5.74) is 0.551. The maximum atomic E-state index is 12.6. The molecular formula is C9H5BrFN3S. The van der Waals surface area contributed by atoms with Gasteiger partial charge in [-0.25, -0.2) is 14.4 Å². The highest BCUT2D eigenvalue weighted by Crippen LogP contribution is 2.15. The van der Waals surface area contributed by atoms with Crippen molar-refractivity contribution in [3.63, 3.8) is 0 Å². The van der Waals surface area contributed by atoms with Crippen molar-refractivity contribution in [2.45, 2.75) is 0 Å². The monoisotopic (exact) mass is 285 g/mol. The summed E-state index contributed by atoms with van der Waals surface area (Å²) < 4.78 is 13.9. The van der Waals surface area contributed by atoms with E-state index >= 15 is 0 Å².